The second-order valence-electron chi connectivity index (χ2n) is 5.13. The van der Waals surface area contributed by atoms with Crippen LogP contribution in [0.1, 0.15) is 51.9 Å². The molecule has 0 aromatic carbocycles. The molecule has 1 aliphatic carbocycles. The van der Waals surface area contributed by atoms with Crippen LogP contribution in [0, 0.1) is 0 Å². The van der Waals surface area contributed by atoms with E-state index in [1.54, 1.807) is 0 Å². The van der Waals surface area contributed by atoms with Crippen molar-refractivity contribution in [2.75, 3.05) is 0 Å². The molecule has 0 bridgehead atoms. The lowest BCUT2D eigenvalue weighted by Crippen LogP contribution is -2.50. The third kappa shape index (κ3) is 5.92. The maximum Gasteiger partial charge on any atom is 0.315 e. The molecule has 110 valence electrons. The summed E-state index contributed by atoms with van der Waals surface area (Å²) in [4.78, 5) is 22.4. The van der Waals surface area contributed by atoms with Gasteiger partial charge in [0, 0.05) is 6.04 Å². The smallest absolute Gasteiger partial charge is 0.315 e. The standard InChI is InChI=1S/C13H24N2O4/c1-2-9(8-12(17)18)14-13(19)15-10-6-4-3-5-7-11(10)16/h9-11,16H,2-8H2,1H3,(H,17,18)(H2,14,15,19). The van der Waals surface area contributed by atoms with Gasteiger partial charge in [0.05, 0.1) is 18.6 Å². The molecular weight excluding hydrogens is 248 g/mol. The molecule has 6 nitrogen and oxygen atoms in total. The van der Waals surface area contributed by atoms with Crippen LogP contribution in [0.3, 0.4) is 0 Å². The molecule has 3 unspecified atom stereocenters. The topological polar surface area (TPSA) is 98.7 Å². The largest absolute Gasteiger partial charge is 0.481 e. The van der Waals surface area contributed by atoms with Crippen LogP contribution < -0.4 is 10.6 Å². The molecule has 3 atom stereocenters. The molecular formula is C13H24N2O4. The van der Waals surface area contributed by atoms with Crippen molar-refractivity contribution in [3.05, 3.63) is 0 Å². The van der Waals surface area contributed by atoms with Crippen molar-refractivity contribution >= 4 is 12.0 Å². The van der Waals surface area contributed by atoms with Gasteiger partial charge in [-0.2, -0.15) is 0 Å². The van der Waals surface area contributed by atoms with Crippen LogP contribution in [0.4, 0.5) is 4.79 Å². The summed E-state index contributed by atoms with van der Waals surface area (Å²) in [5, 5.41) is 24.0. The minimum Gasteiger partial charge on any atom is -0.481 e. The number of hydrogen-bond donors (Lipinski definition) is 4. The minimum absolute atomic E-state index is 0.0862. The summed E-state index contributed by atoms with van der Waals surface area (Å²) in [5.41, 5.74) is 0. The van der Waals surface area contributed by atoms with E-state index in [0.717, 1.165) is 25.7 Å². The highest BCUT2D eigenvalue weighted by Gasteiger charge is 2.24. The van der Waals surface area contributed by atoms with E-state index in [1.807, 2.05) is 6.92 Å². The Labute approximate surface area is 113 Å². The first-order chi connectivity index (χ1) is 9.02. The van der Waals surface area contributed by atoms with Crippen molar-refractivity contribution in [1.82, 2.24) is 10.6 Å². The molecule has 0 heterocycles. The molecule has 0 aromatic rings. The van der Waals surface area contributed by atoms with Crippen LogP contribution in [0.2, 0.25) is 0 Å². The molecule has 1 saturated carbocycles. The molecule has 0 aliphatic heterocycles. The number of aliphatic hydroxyl groups is 1. The number of urea groups is 1. The highest BCUT2D eigenvalue weighted by Crippen LogP contribution is 2.17. The monoisotopic (exact) mass is 272 g/mol. The SMILES string of the molecule is CCC(CC(=O)O)NC(=O)NC1CCCCCC1O. The predicted molar refractivity (Wildman–Crippen MR) is 70.9 cm³/mol. The Balaban J connectivity index is 2.41. The quantitative estimate of drug-likeness (QED) is 0.566. The van der Waals surface area contributed by atoms with E-state index in [2.05, 4.69) is 10.6 Å². The molecule has 0 aromatic heterocycles. The maximum atomic E-state index is 11.8. The molecule has 19 heavy (non-hydrogen) atoms. The van der Waals surface area contributed by atoms with Crippen LogP contribution in [0.15, 0.2) is 0 Å². The molecule has 0 spiro atoms. The van der Waals surface area contributed by atoms with Gasteiger partial charge in [-0.1, -0.05) is 26.2 Å². The van der Waals surface area contributed by atoms with Crippen molar-refractivity contribution in [1.29, 1.82) is 0 Å². The number of carboxylic acid groups (broad SMARTS) is 1. The van der Waals surface area contributed by atoms with Crippen molar-refractivity contribution in [3.63, 3.8) is 0 Å². The second-order valence-corrected chi connectivity index (χ2v) is 5.13. The van der Waals surface area contributed by atoms with E-state index < -0.39 is 12.1 Å². The lowest BCUT2D eigenvalue weighted by Gasteiger charge is -2.23. The zero-order chi connectivity index (χ0) is 14.3. The molecule has 0 radical (unpaired) electrons. The number of carbonyl (C=O) groups is 2. The van der Waals surface area contributed by atoms with E-state index in [1.165, 1.54) is 0 Å². The molecule has 1 aliphatic rings. The van der Waals surface area contributed by atoms with Crippen LogP contribution >= 0.6 is 0 Å². The fourth-order valence-corrected chi connectivity index (χ4v) is 2.36. The van der Waals surface area contributed by atoms with Gasteiger partial charge in [-0.15, -0.1) is 0 Å². The average Bonchev–Trinajstić information content (AvgIpc) is 2.53. The highest BCUT2D eigenvalue weighted by atomic mass is 16.4. The van der Waals surface area contributed by atoms with Gasteiger partial charge in [-0.3, -0.25) is 4.79 Å². The predicted octanol–water partition coefficient (Wildman–Crippen LogP) is 1.23. The number of hydrogen-bond acceptors (Lipinski definition) is 3. The van der Waals surface area contributed by atoms with Crippen molar-refractivity contribution in [2.45, 2.75) is 70.1 Å². The number of aliphatic hydroxyl groups excluding tert-OH is 1. The fourth-order valence-electron chi connectivity index (χ4n) is 2.36. The van der Waals surface area contributed by atoms with E-state index in [-0.39, 0.29) is 24.5 Å². The van der Waals surface area contributed by atoms with Crippen molar-refractivity contribution in [2.24, 2.45) is 0 Å². The lowest BCUT2D eigenvalue weighted by molar-refractivity contribution is -0.137. The van der Waals surface area contributed by atoms with Crippen LogP contribution in [0.25, 0.3) is 0 Å². The summed E-state index contributed by atoms with van der Waals surface area (Å²) in [6, 6.07) is -0.996. The summed E-state index contributed by atoms with van der Waals surface area (Å²) >= 11 is 0. The Kier molecular flexibility index (Phi) is 6.62. The highest BCUT2D eigenvalue weighted by molar-refractivity contribution is 5.76. The van der Waals surface area contributed by atoms with Gasteiger partial charge in [0.1, 0.15) is 0 Å². The summed E-state index contributed by atoms with van der Waals surface area (Å²) < 4.78 is 0. The molecule has 1 rings (SSSR count). The Hall–Kier alpha value is -1.30. The van der Waals surface area contributed by atoms with E-state index in [4.69, 9.17) is 5.11 Å². The Morgan fingerprint density at radius 2 is 1.95 bits per heavy atom. The van der Waals surface area contributed by atoms with Gasteiger partial charge in [0.2, 0.25) is 0 Å². The van der Waals surface area contributed by atoms with Gasteiger partial charge in [0.15, 0.2) is 0 Å². The van der Waals surface area contributed by atoms with Gasteiger partial charge in [0.25, 0.3) is 0 Å². The number of carbonyl (C=O) groups excluding carboxylic acids is 1. The van der Waals surface area contributed by atoms with Gasteiger partial charge >= 0.3 is 12.0 Å². The first-order valence-electron chi connectivity index (χ1n) is 6.99. The number of nitrogens with one attached hydrogen (secondary N) is 2. The second kappa shape index (κ2) is 7.99. The molecule has 2 amide bonds. The summed E-state index contributed by atoms with van der Waals surface area (Å²) in [7, 11) is 0. The Bertz CT molecular complexity index is 309. The van der Waals surface area contributed by atoms with Crippen molar-refractivity contribution in [3.8, 4) is 0 Å². The van der Waals surface area contributed by atoms with E-state index >= 15 is 0 Å². The number of rotatable bonds is 5. The van der Waals surface area contributed by atoms with Crippen molar-refractivity contribution < 1.29 is 19.8 Å². The third-order valence-corrected chi connectivity index (χ3v) is 3.55. The molecule has 1 fully saturated rings. The van der Waals surface area contributed by atoms with Gasteiger partial charge < -0.3 is 20.8 Å². The van der Waals surface area contributed by atoms with Crippen LogP contribution in [-0.4, -0.2) is 40.4 Å². The summed E-state index contributed by atoms with van der Waals surface area (Å²) in [6.07, 6.45) is 4.50. The first kappa shape index (κ1) is 15.8. The number of aliphatic carboxylic acids is 1. The van der Waals surface area contributed by atoms with Crippen LogP contribution in [0.5, 0.6) is 0 Å². The molecule has 6 heteroatoms. The minimum atomic E-state index is -0.929. The average molecular weight is 272 g/mol. The normalized spacial score (nSPS) is 25.2. The Morgan fingerprint density at radius 3 is 2.58 bits per heavy atom. The van der Waals surface area contributed by atoms with E-state index in [0.29, 0.717) is 12.8 Å². The summed E-state index contributed by atoms with van der Waals surface area (Å²) in [5.74, 6) is -0.929. The number of amides is 2. The number of carboxylic acids is 1. The molecule has 4 N–H and O–H groups in total. The van der Waals surface area contributed by atoms with E-state index in [9.17, 15) is 14.7 Å². The lowest BCUT2D eigenvalue weighted by atomic mass is 10.1. The first-order valence-corrected chi connectivity index (χ1v) is 6.99. The maximum absolute atomic E-state index is 11.8. The van der Waals surface area contributed by atoms with Gasteiger partial charge in [-0.25, -0.2) is 4.79 Å². The molecule has 0 saturated heterocycles. The van der Waals surface area contributed by atoms with Gasteiger partial charge in [-0.05, 0) is 19.3 Å². The Morgan fingerprint density at radius 1 is 1.26 bits per heavy atom. The zero-order valence-corrected chi connectivity index (χ0v) is 11.4. The summed E-state index contributed by atoms with van der Waals surface area (Å²) in [6.45, 7) is 1.83. The third-order valence-electron chi connectivity index (χ3n) is 3.55. The fraction of sp³-hybridized carbons (Fsp3) is 0.846. The zero-order valence-electron chi connectivity index (χ0n) is 11.4. The van der Waals surface area contributed by atoms with Crippen LogP contribution in [-0.2, 0) is 4.79 Å².